The quantitative estimate of drug-likeness (QED) is 0.832. The SMILES string of the molecule is CCn1ncc(-c2ccc(C(C)N3CCCCC3)cc2)c1C. The van der Waals surface area contributed by atoms with Crippen LogP contribution in [0.15, 0.2) is 30.5 Å². The minimum absolute atomic E-state index is 0.522. The monoisotopic (exact) mass is 297 g/mol. The van der Waals surface area contributed by atoms with Crippen LogP contribution >= 0.6 is 0 Å². The fourth-order valence-electron chi connectivity index (χ4n) is 3.51. The Kier molecular flexibility index (Phi) is 4.63. The highest BCUT2D eigenvalue weighted by Crippen LogP contribution is 2.28. The van der Waals surface area contributed by atoms with Gasteiger partial charge in [0.2, 0.25) is 0 Å². The number of rotatable bonds is 4. The number of hydrogen-bond acceptors (Lipinski definition) is 2. The van der Waals surface area contributed by atoms with Gasteiger partial charge in [0.1, 0.15) is 0 Å². The Morgan fingerprint density at radius 1 is 1.09 bits per heavy atom. The summed E-state index contributed by atoms with van der Waals surface area (Å²) < 4.78 is 2.06. The van der Waals surface area contributed by atoms with Crippen molar-refractivity contribution in [3.63, 3.8) is 0 Å². The van der Waals surface area contributed by atoms with Gasteiger partial charge in [0, 0.05) is 23.8 Å². The molecule has 2 heterocycles. The van der Waals surface area contributed by atoms with Crippen LogP contribution in [-0.4, -0.2) is 27.8 Å². The fourth-order valence-corrected chi connectivity index (χ4v) is 3.51. The molecule has 3 heteroatoms. The Hall–Kier alpha value is -1.61. The molecular formula is C19H27N3. The first kappa shape index (κ1) is 15.3. The van der Waals surface area contributed by atoms with Crippen LogP contribution in [0, 0.1) is 6.92 Å². The van der Waals surface area contributed by atoms with Crippen molar-refractivity contribution in [2.75, 3.05) is 13.1 Å². The molecule has 1 unspecified atom stereocenters. The van der Waals surface area contributed by atoms with Gasteiger partial charge in [0.15, 0.2) is 0 Å². The zero-order chi connectivity index (χ0) is 15.5. The lowest BCUT2D eigenvalue weighted by Gasteiger charge is -2.32. The topological polar surface area (TPSA) is 21.1 Å². The van der Waals surface area contributed by atoms with Gasteiger partial charge in [-0.1, -0.05) is 30.7 Å². The second-order valence-corrected chi connectivity index (χ2v) is 6.35. The summed E-state index contributed by atoms with van der Waals surface area (Å²) in [6.45, 7) is 10.0. The standard InChI is InChI=1S/C19H27N3/c1-4-22-16(3)19(14-20-22)18-10-8-17(9-11-18)15(2)21-12-6-5-7-13-21/h8-11,14-15H,4-7,12-13H2,1-3H3. The maximum atomic E-state index is 4.45. The van der Waals surface area contributed by atoms with E-state index in [0.717, 1.165) is 6.54 Å². The first-order valence-corrected chi connectivity index (χ1v) is 8.57. The predicted molar refractivity (Wildman–Crippen MR) is 91.9 cm³/mol. The molecule has 0 saturated carbocycles. The molecular weight excluding hydrogens is 270 g/mol. The molecule has 0 spiro atoms. The predicted octanol–water partition coefficient (Wildman–Crippen LogP) is 4.43. The van der Waals surface area contributed by atoms with Gasteiger partial charge in [0.05, 0.1) is 6.20 Å². The van der Waals surface area contributed by atoms with Crippen molar-refractivity contribution in [2.24, 2.45) is 0 Å². The van der Waals surface area contributed by atoms with Gasteiger partial charge < -0.3 is 0 Å². The van der Waals surface area contributed by atoms with Gasteiger partial charge in [-0.25, -0.2) is 0 Å². The highest BCUT2D eigenvalue weighted by Gasteiger charge is 2.18. The molecule has 0 N–H and O–H groups in total. The molecule has 0 radical (unpaired) electrons. The highest BCUT2D eigenvalue weighted by molar-refractivity contribution is 5.65. The van der Waals surface area contributed by atoms with Gasteiger partial charge in [0.25, 0.3) is 0 Å². The van der Waals surface area contributed by atoms with Gasteiger partial charge in [-0.2, -0.15) is 5.10 Å². The van der Waals surface area contributed by atoms with Crippen LogP contribution in [0.1, 0.15) is 50.4 Å². The number of aryl methyl sites for hydroxylation is 1. The van der Waals surface area contributed by atoms with E-state index >= 15 is 0 Å². The maximum absolute atomic E-state index is 4.45. The van der Waals surface area contributed by atoms with Crippen molar-refractivity contribution in [2.45, 2.75) is 52.6 Å². The summed E-state index contributed by atoms with van der Waals surface area (Å²) in [5, 5.41) is 4.45. The zero-order valence-corrected chi connectivity index (χ0v) is 14.0. The van der Waals surface area contributed by atoms with Crippen LogP contribution < -0.4 is 0 Å². The molecule has 1 aliphatic heterocycles. The third-order valence-corrected chi connectivity index (χ3v) is 5.05. The molecule has 0 amide bonds. The minimum atomic E-state index is 0.522. The van der Waals surface area contributed by atoms with Crippen LogP contribution in [0.2, 0.25) is 0 Å². The average Bonchev–Trinajstić information content (AvgIpc) is 2.96. The van der Waals surface area contributed by atoms with Crippen LogP contribution in [0.4, 0.5) is 0 Å². The van der Waals surface area contributed by atoms with Crippen LogP contribution in [-0.2, 0) is 6.54 Å². The average molecular weight is 297 g/mol. The summed E-state index contributed by atoms with van der Waals surface area (Å²) >= 11 is 0. The van der Waals surface area contributed by atoms with Crippen LogP contribution in [0.5, 0.6) is 0 Å². The molecule has 1 aromatic carbocycles. The summed E-state index contributed by atoms with van der Waals surface area (Å²) in [7, 11) is 0. The lowest BCUT2D eigenvalue weighted by molar-refractivity contribution is 0.175. The van der Waals surface area contributed by atoms with E-state index in [0.29, 0.717) is 6.04 Å². The normalized spacial score (nSPS) is 17.6. The molecule has 1 aliphatic rings. The zero-order valence-electron chi connectivity index (χ0n) is 14.0. The number of piperidine rings is 1. The Labute approximate surface area is 133 Å². The van der Waals surface area contributed by atoms with Crippen molar-refractivity contribution in [1.82, 2.24) is 14.7 Å². The second kappa shape index (κ2) is 6.66. The number of benzene rings is 1. The van der Waals surface area contributed by atoms with Crippen LogP contribution in [0.25, 0.3) is 11.1 Å². The van der Waals surface area contributed by atoms with E-state index in [4.69, 9.17) is 0 Å². The molecule has 1 atom stereocenters. The molecule has 118 valence electrons. The minimum Gasteiger partial charge on any atom is -0.297 e. The van der Waals surface area contributed by atoms with Crippen LogP contribution in [0.3, 0.4) is 0 Å². The molecule has 0 aliphatic carbocycles. The lowest BCUT2D eigenvalue weighted by atomic mass is 9.99. The summed E-state index contributed by atoms with van der Waals surface area (Å²) in [4.78, 5) is 2.61. The Morgan fingerprint density at radius 2 is 1.77 bits per heavy atom. The second-order valence-electron chi connectivity index (χ2n) is 6.35. The summed E-state index contributed by atoms with van der Waals surface area (Å²) in [5.41, 5.74) is 5.19. The molecule has 0 bridgehead atoms. The van der Waals surface area contributed by atoms with E-state index < -0.39 is 0 Å². The fraction of sp³-hybridized carbons (Fsp3) is 0.526. The molecule has 2 aromatic rings. The third-order valence-electron chi connectivity index (χ3n) is 5.05. The first-order chi connectivity index (χ1) is 10.7. The number of nitrogens with zero attached hydrogens (tertiary/aromatic N) is 3. The van der Waals surface area contributed by atoms with Crippen molar-refractivity contribution in [3.05, 3.63) is 41.7 Å². The molecule has 22 heavy (non-hydrogen) atoms. The van der Waals surface area contributed by atoms with E-state index in [1.165, 1.54) is 54.7 Å². The molecule has 3 rings (SSSR count). The molecule has 1 aromatic heterocycles. The van der Waals surface area contributed by atoms with E-state index in [1.54, 1.807) is 0 Å². The largest absolute Gasteiger partial charge is 0.297 e. The van der Waals surface area contributed by atoms with E-state index in [2.05, 4.69) is 59.7 Å². The Balaban J connectivity index is 1.78. The van der Waals surface area contributed by atoms with Crippen molar-refractivity contribution >= 4 is 0 Å². The van der Waals surface area contributed by atoms with Crippen molar-refractivity contribution < 1.29 is 0 Å². The third kappa shape index (κ3) is 2.95. The van der Waals surface area contributed by atoms with E-state index in [1.807, 2.05) is 6.20 Å². The Morgan fingerprint density at radius 3 is 2.36 bits per heavy atom. The van der Waals surface area contributed by atoms with Gasteiger partial charge in [-0.05, 0) is 57.8 Å². The van der Waals surface area contributed by atoms with Gasteiger partial charge >= 0.3 is 0 Å². The highest BCUT2D eigenvalue weighted by atomic mass is 15.3. The van der Waals surface area contributed by atoms with Crippen molar-refractivity contribution in [1.29, 1.82) is 0 Å². The lowest BCUT2D eigenvalue weighted by Crippen LogP contribution is -2.32. The summed E-state index contributed by atoms with van der Waals surface area (Å²) in [6, 6.07) is 9.60. The summed E-state index contributed by atoms with van der Waals surface area (Å²) in [5.74, 6) is 0. The smallest absolute Gasteiger partial charge is 0.0571 e. The molecule has 1 saturated heterocycles. The van der Waals surface area contributed by atoms with E-state index in [9.17, 15) is 0 Å². The van der Waals surface area contributed by atoms with Gasteiger partial charge in [-0.15, -0.1) is 0 Å². The van der Waals surface area contributed by atoms with Gasteiger partial charge in [-0.3, -0.25) is 9.58 Å². The molecule has 1 fully saturated rings. The first-order valence-electron chi connectivity index (χ1n) is 8.57. The number of aromatic nitrogens is 2. The molecule has 3 nitrogen and oxygen atoms in total. The van der Waals surface area contributed by atoms with E-state index in [-0.39, 0.29) is 0 Å². The Bertz CT molecular complexity index is 606. The van der Waals surface area contributed by atoms with Crippen molar-refractivity contribution in [3.8, 4) is 11.1 Å². The number of hydrogen-bond donors (Lipinski definition) is 0. The maximum Gasteiger partial charge on any atom is 0.0571 e. The summed E-state index contributed by atoms with van der Waals surface area (Å²) in [6.07, 6.45) is 6.07. The number of likely N-dealkylation sites (tertiary alicyclic amines) is 1.